The van der Waals surface area contributed by atoms with Crippen LogP contribution in [-0.2, 0) is 27.3 Å². The van der Waals surface area contributed by atoms with Gasteiger partial charge in [0, 0.05) is 18.5 Å². The lowest BCUT2D eigenvalue weighted by Crippen LogP contribution is -3.17. The molecule has 0 saturated heterocycles. The third-order valence-electron chi connectivity index (χ3n) is 4.25. The topological polar surface area (TPSA) is 88.9 Å². The van der Waals surface area contributed by atoms with E-state index in [2.05, 4.69) is 10.6 Å². The zero-order valence-corrected chi connectivity index (χ0v) is 14.9. The molecule has 0 saturated carbocycles. The molecule has 25 heavy (non-hydrogen) atoms. The maximum absolute atomic E-state index is 12.2. The van der Waals surface area contributed by atoms with Gasteiger partial charge in [0.05, 0.1) is 7.11 Å². The smallest absolute Gasteiger partial charge is 0.365 e. The van der Waals surface area contributed by atoms with Crippen molar-refractivity contribution in [2.24, 2.45) is 5.92 Å². The summed E-state index contributed by atoms with van der Waals surface area (Å²) in [5, 5.41) is 4.96. The van der Waals surface area contributed by atoms with E-state index in [0.29, 0.717) is 25.4 Å². The van der Waals surface area contributed by atoms with E-state index in [-0.39, 0.29) is 12.5 Å². The van der Waals surface area contributed by atoms with E-state index in [0.717, 1.165) is 16.0 Å². The molecule has 136 valence electrons. The first-order valence-corrected chi connectivity index (χ1v) is 8.47. The zero-order valence-electron chi connectivity index (χ0n) is 14.9. The maximum Gasteiger partial charge on any atom is 0.365 e. The minimum atomic E-state index is -0.509. The van der Waals surface area contributed by atoms with Gasteiger partial charge >= 0.3 is 12.0 Å². The molecule has 1 aliphatic heterocycles. The van der Waals surface area contributed by atoms with E-state index in [1.807, 2.05) is 38.1 Å². The summed E-state index contributed by atoms with van der Waals surface area (Å²) in [5.41, 5.74) is 2.20. The van der Waals surface area contributed by atoms with Gasteiger partial charge in [-0.3, -0.25) is 10.1 Å². The van der Waals surface area contributed by atoms with E-state index in [1.165, 1.54) is 7.11 Å². The molecule has 1 aliphatic rings. The average molecular weight is 348 g/mol. The Balaban J connectivity index is 2.01. The number of hydrogen-bond donors (Lipinski definition) is 3. The second-order valence-electron chi connectivity index (χ2n) is 6.71. The Bertz CT molecular complexity index is 645. The van der Waals surface area contributed by atoms with Crippen molar-refractivity contribution < 1.29 is 24.0 Å². The highest BCUT2D eigenvalue weighted by Crippen LogP contribution is 2.14. The molecule has 0 radical (unpaired) electrons. The Labute approximate surface area is 147 Å². The minimum absolute atomic E-state index is 0.0310. The number of amides is 3. The molecule has 7 nitrogen and oxygen atoms in total. The summed E-state index contributed by atoms with van der Waals surface area (Å²) in [6, 6.07) is 6.89. The Kier molecular flexibility index (Phi) is 6.52. The van der Waals surface area contributed by atoms with Crippen LogP contribution in [0.2, 0.25) is 0 Å². The first kappa shape index (κ1) is 18.9. The molecule has 3 N–H and O–H groups in total. The number of rotatable bonds is 5. The normalized spacial score (nSPS) is 19.0. The highest BCUT2D eigenvalue weighted by Gasteiger charge is 2.37. The molecule has 7 heteroatoms. The van der Waals surface area contributed by atoms with Crippen LogP contribution >= 0.6 is 0 Å². The van der Waals surface area contributed by atoms with Gasteiger partial charge in [0.1, 0.15) is 6.54 Å². The summed E-state index contributed by atoms with van der Waals surface area (Å²) in [6.45, 7) is 5.00. The first-order valence-electron chi connectivity index (χ1n) is 8.47. The van der Waals surface area contributed by atoms with Crippen LogP contribution in [0, 0.1) is 5.92 Å². The van der Waals surface area contributed by atoms with Crippen LogP contribution in [-0.4, -0.2) is 44.1 Å². The lowest BCUT2D eigenvalue weighted by molar-refractivity contribution is -0.924. The van der Waals surface area contributed by atoms with Crippen molar-refractivity contribution in [3.8, 4) is 0 Å². The number of fused-ring (bicyclic) bond motifs is 1. The SMILES string of the molecule is COC(=O)[C@@H]1Cc2ccccc2C[NH+]1CC(=O)NC(=O)NCC(C)C. The molecule has 1 aromatic rings. The number of imide groups is 1. The predicted molar refractivity (Wildman–Crippen MR) is 91.9 cm³/mol. The van der Waals surface area contributed by atoms with Crippen LogP contribution in [0.4, 0.5) is 4.79 Å². The molecule has 0 fully saturated rings. The fourth-order valence-corrected chi connectivity index (χ4v) is 2.96. The average Bonchev–Trinajstić information content (AvgIpc) is 2.58. The second kappa shape index (κ2) is 8.62. The number of esters is 1. The number of carbonyl (C=O) groups excluding carboxylic acids is 3. The summed E-state index contributed by atoms with van der Waals surface area (Å²) in [7, 11) is 1.35. The minimum Gasteiger partial charge on any atom is -0.465 e. The first-order chi connectivity index (χ1) is 11.9. The highest BCUT2D eigenvalue weighted by molar-refractivity contribution is 5.94. The van der Waals surface area contributed by atoms with Crippen LogP contribution in [0.25, 0.3) is 0 Å². The number of hydrogen-bond acceptors (Lipinski definition) is 4. The fraction of sp³-hybridized carbons (Fsp3) is 0.500. The number of benzene rings is 1. The van der Waals surface area contributed by atoms with Gasteiger partial charge in [-0.25, -0.2) is 9.59 Å². The van der Waals surface area contributed by atoms with Crippen molar-refractivity contribution in [1.29, 1.82) is 0 Å². The van der Waals surface area contributed by atoms with Gasteiger partial charge in [-0.05, 0) is 11.5 Å². The predicted octanol–water partition coefficient (Wildman–Crippen LogP) is -0.349. The number of carbonyl (C=O) groups is 3. The quantitative estimate of drug-likeness (QED) is 0.635. The monoisotopic (exact) mass is 348 g/mol. The van der Waals surface area contributed by atoms with Gasteiger partial charge in [-0.1, -0.05) is 38.1 Å². The summed E-state index contributed by atoms with van der Waals surface area (Å²) < 4.78 is 4.89. The summed E-state index contributed by atoms with van der Waals surface area (Å²) in [4.78, 5) is 36.8. The fourth-order valence-electron chi connectivity index (χ4n) is 2.96. The van der Waals surface area contributed by atoms with Crippen molar-refractivity contribution >= 4 is 17.9 Å². The molecule has 1 unspecified atom stereocenters. The van der Waals surface area contributed by atoms with E-state index >= 15 is 0 Å². The third-order valence-corrected chi connectivity index (χ3v) is 4.25. The Morgan fingerprint density at radius 1 is 1.24 bits per heavy atom. The molecule has 1 aromatic carbocycles. The second-order valence-corrected chi connectivity index (χ2v) is 6.71. The van der Waals surface area contributed by atoms with Crippen LogP contribution in [0.1, 0.15) is 25.0 Å². The largest absolute Gasteiger partial charge is 0.465 e. The molecular weight excluding hydrogens is 322 g/mol. The number of ether oxygens (including phenoxy) is 1. The molecule has 2 rings (SSSR count). The Hall–Kier alpha value is -2.41. The number of methoxy groups -OCH3 is 1. The van der Waals surface area contributed by atoms with Gasteiger partial charge in [0.25, 0.3) is 5.91 Å². The van der Waals surface area contributed by atoms with E-state index in [4.69, 9.17) is 4.74 Å². The van der Waals surface area contributed by atoms with Crippen LogP contribution in [0.3, 0.4) is 0 Å². The van der Waals surface area contributed by atoms with Gasteiger partial charge in [-0.15, -0.1) is 0 Å². The molecular formula is C18H26N3O4+. The van der Waals surface area contributed by atoms with Gasteiger partial charge in [0.2, 0.25) is 0 Å². The van der Waals surface area contributed by atoms with Crippen molar-refractivity contribution in [2.45, 2.75) is 32.9 Å². The Morgan fingerprint density at radius 3 is 2.56 bits per heavy atom. The number of nitrogens with one attached hydrogen (secondary N) is 3. The van der Waals surface area contributed by atoms with Crippen molar-refractivity contribution in [3.63, 3.8) is 0 Å². The third kappa shape index (κ3) is 5.29. The van der Waals surface area contributed by atoms with Crippen molar-refractivity contribution in [1.82, 2.24) is 10.6 Å². The zero-order chi connectivity index (χ0) is 18.4. The van der Waals surface area contributed by atoms with Gasteiger partial charge < -0.3 is 15.0 Å². The Morgan fingerprint density at radius 2 is 1.92 bits per heavy atom. The lowest BCUT2D eigenvalue weighted by atomic mass is 9.94. The number of urea groups is 1. The van der Waals surface area contributed by atoms with Crippen LogP contribution < -0.4 is 15.5 Å². The molecule has 0 bridgehead atoms. The molecule has 0 aliphatic carbocycles. The molecule has 0 aromatic heterocycles. The van der Waals surface area contributed by atoms with Crippen molar-refractivity contribution in [3.05, 3.63) is 35.4 Å². The van der Waals surface area contributed by atoms with Crippen LogP contribution in [0.5, 0.6) is 0 Å². The van der Waals surface area contributed by atoms with E-state index < -0.39 is 18.0 Å². The van der Waals surface area contributed by atoms with Gasteiger partial charge in [-0.2, -0.15) is 0 Å². The lowest BCUT2D eigenvalue weighted by Gasteiger charge is -2.31. The molecule has 1 heterocycles. The van der Waals surface area contributed by atoms with E-state index in [9.17, 15) is 14.4 Å². The van der Waals surface area contributed by atoms with Gasteiger partial charge in [0.15, 0.2) is 12.6 Å². The summed E-state index contributed by atoms with van der Waals surface area (Å²) in [5.74, 6) is -0.458. The van der Waals surface area contributed by atoms with Crippen molar-refractivity contribution in [2.75, 3.05) is 20.2 Å². The standard InChI is InChI=1S/C18H25N3O4/c1-12(2)9-19-18(24)20-16(22)11-21-10-14-7-5-4-6-13(14)8-15(21)17(23)25-3/h4-7,12,15H,8-11H2,1-3H3,(H2,19,20,22,24)/p+1/t15-/m0/s1. The maximum atomic E-state index is 12.2. The molecule has 3 amide bonds. The molecule has 2 atom stereocenters. The summed E-state index contributed by atoms with van der Waals surface area (Å²) in [6.07, 6.45) is 0.519. The molecule has 0 spiro atoms. The summed E-state index contributed by atoms with van der Waals surface area (Å²) >= 11 is 0. The highest BCUT2D eigenvalue weighted by atomic mass is 16.5. The number of quaternary nitrogens is 1. The van der Waals surface area contributed by atoms with Crippen LogP contribution in [0.15, 0.2) is 24.3 Å². The van der Waals surface area contributed by atoms with E-state index in [1.54, 1.807) is 0 Å².